The number of pyridine rings is 1. The smallest absolute Gasteiger partial charge is 0.239 e. The zero-order chi connectivity index (χ0) is 14.4. The molecule has 1 aromatic rings. The molecule has 0 saturated heterocycles. The molecule has 1 heterocycles. The zero-order valence-electron chi connectivity index (χ0n) is 11.5. The van der Waals surface area contributed by atoms with Crippen molar-refractivity contribution < 1.29 is 4.79 Å². The highest BCUT2D eigenvalue weighted by Crippen LogP contribution is 2.12. The molecule has 0 fully saturated rings. The predicted octanol–water partition coefficient (Wildman–Crippen LogP) is 1.21. The van der Waals surface area contributed by atoms with Crippen LogP contribution >= 0.6 is 12.2 Å². The van der Waals surface area contributed by atoms with Crippen LogP contribution in [-0.2, 0) is 4.79 Å². The molecule has 5 nitrogen and oxygen atoms in total. The molecule has 1 aromatic heterocycles. The van der Waals surface area contributed by atoms with E-state index in [4.69, 9.17) is 18.0 Å². The van der Waals surface area contributed by atoms with Gasteiger partial charge in [0.15, 0.2) is 0 Å². The van der Waals surface area contributed by atoms with Gasteiger partial charge in [0.1, 0.15) is 10.8 Å². The molecule has 4 N–H and O–H groups in total. The van der Waals surface area contributed by atoms with E-state index >= 15 is 0 Å². The van der Waals surface area contributed by atoms with E-state index in [-0.39, 0.29) is 17.4 Å². The molecule has 0 aliphatic heterocycles. The number of nitrogens with two attached hydrogens (primary N) is 1. The normalized spacial score (nSPS) is 10.3. The number of rotatable bonds is 6. The van der Waals surface area contributed by atoms with Crippen molar-refractivity contribution in [3.63, 3.8) is 0 Å². The van der Waals surface area contributed by atoms with Crippen molar-refractivity contribution in [1.82, 2.24) is 10.3 Å². The number of carbonyl (C=O) groups is 1. The van der Waals surface area contributed by atoms with E-state index < -0.39 is 0 Å². The van der Waals surface area contributed by atoms with Gasteiger partial charge in [0.25, 0.3) is 0 Å². The van der Waals surface area contributed by atoms with E-state index in [1.165, 1.54) is 0 Å². The second-order valence-corrected chi connectivity index (χ2v) is 5.20. The van der Waals surface area contributed by atoms with Crippen LogP contribution in [0.3, 0.4) is 0 Å². The lowest BCUT2D eigenvalue weighted by molar-refractivity contribution is -0.119. The third kappa shape index (κ3) is 5.21. The fraction of sp³-hybridized carbons (Fsp3) is 0.462. The molecule has 1 amide bonds. The Morgan fingerprint density at radius 2 is 2.16 bits per heavy atom. The first-order valence-corrected chi connectivity index (χ1v) is 6.59. The summed E-state index contributed by atoms with van der Waals surface area (Å²) in [4.78, 5) is 16.2. The molecule has 0 aliphatic rings. The minimum atomic E-state index is -0.0779. The number of hydrogen-bond donors (Lipinski definition) is 3. The van der Waals surface area contributed by atoms with Crippen molar-refractivity contribution in [3.05, 3.63) is 23.4 Å². The molecule has 0 bridgehead atoms. The third-order valence-corrected chi connectivity index (χ3v) is 2.64. The number of thiocarbonyl (C=S) groups is 1. The molecule has 19 heavy (non-hydrogen) atoms. The third-order valence-electron chi connectivity index (χ3n) is 2.42. The first-order valence-electron chi connectivity index (χ1n) is 6.18. The highest BCUT2D eigenvalue weighted by molar-refractivity contribution is 7.80. The number of nitrogens with zero attached hydrogens (tertiary/aromatic N) is 1. The Bertz CT molecular complexity index is 474. The van der Waals surface area contributed by atoms with Crippen molar-refractivity contribution in [3.8, 4) is 0 Å². The monoisotopic (exact) mass is 280 g/mol. The second-order valence-electron chi connectivity index (χ2n) is 4.76. The van der Waals surface area contributed by atoms with Gasteiger partial charge < -0.3 is 16.4 Å². The van der Waals surface area contributed by atoms with Crippen LogP contribution in [0.25, 0.3) is 0 Å². The summed E-state index contributed by atoms with van der Waals surface area (Å²) in [5.74, 6) is 0.895. The van der Waals surface area contributed by atoms with Gasteiger partial charge in [-0.15, -0.1) is 0 Å². The van der Waals surface area contributed by atoms with Gasteiger partial charge in [-0.1, -0.05) is 26.1 Å². The second kappa shape index (κ2) is 7.04. The molecule has 0 saturated carbocycles. The van der Waals surface area contributed by atoms with Crippen molar-refractivity contribution in [1.29, 1.82) is 0 Å². The maximum atomic E-state index is 11.6. The first-order chi connectivity index (χ1) is 8.90. The average molecular weight is 280 g/mol. The quantitative estimate of drug-likeness (QED) is 0.683. The van der Waals surface area contributed by atoms with E-state index in [0.717, 1.165) is 5.69 Å². The van der Waals surface area contributed by atoms with Crippen LogP contribution in [0.4, 0.5) is 5.82 Å². The topological polar surface area (TPSA) is 80.0 Å². The van der Waals surface area contributed by atoms with Gasteiger partial charge in [-0.3, -0.25) is 4.79 Å². The summed E-state index contributed by atoms with van der Waals surface area (Å²) in [6.45, 7) is 6.76. The summed E-state index contributed by atoms with van der Waals surface area (Å²) >= 11 is 4.96. The van der Waals surface area contributed by atoms with Crippen LogP contribution in [0.15, 0.2) is 12.1 Å². The van der Waals surface area contributed by atoms with Gasteiger partial charge in [-0.05, 0) is 25.0 Å². The summed E-state index contributed by atoms with van der Waals surface area (Å²) in [6, 6.07) is 3.64. The molecule has 0 aromatic carbocycles. The van der Waals surface area contributed by atoms with Crippen molar-refractivity contribution in [2.24, 2.45) is 11.7 Å². The van der Waals surface area contributed by atoms with E-state index in [0.29, 0.717) is 23.8 Å². The Balaban J connectivity index is 2.64. The Hall–Kier alpha value is -1.69. The lowest BCUT2D eigenvalue weighted by atomic mass is 10.2. The average Bonchev–Trinajstić information content (AvgIpc) is 2.33. The standard InChI is InChI=1S/C13H20N4OS/c1-8(2)6-15-11(18)7-16-13-10(12(14)19)5-4-9(3)17-13/h4-5,8H,6-7H2,1-3H3,(H2,14,19)(H,15,18)(H,16,17). The van der Waals surface area contributed by atoms with Crippen molar-refractivity contribution in [2.45, 2.75) is 20.8 Å². The number of carbonyl (C=O) groups excluding carboxylic acids is 1. The van der Waals surface area contributed by atoms with Crippen molar-refractivity contribution in [2.75, 3.05) is 18.4 Å². The van der Waals surface area contributed by atoms with Crippen LogP contribution in [0.2, 0.25) is 0 Å². The fourth-order valence-electron chi connectivity index (χ4n) is 1.43. The maximum Gasteiger partial charge on any atom is 0.239 e. The van der Waals surface area contributed by atoms with Gasteiger partial charge >= 0.3 is 0 Å². The Morgan fingerprint density at radius 3 is 2.74 bits per heavy atom. The molecule has 0 unspecified atom stereocenters. The summed E-state index contributed by atoms with van der Waals surface area (Å²) < 4.78 is 0. The first kappa shape index (κ1) is 15.4. The van der Waals surface area contributed by atoms with Gasteiger partial charge in [-0.2, -0.15) is 0 Å². The van der Waals surface area contributed by atoms with Crippen LogP contribution in [-0.4, -0.2) is 29.0 Å². The maximum absolute atomic E-state index is 11.6. The molecule has 1 rings (SSSR count). The number of hydrogen-bond acceptors (Lipinski definition) is 4. The Labute approximate surface area is 119 Å². The molecule has 0 spiro atoms. The fourth-order valence-corrected chi connectivity index (χ4v) is 1.60. The molecular weight excluding hydrogens is 260 g/mol. The van der Waals surface area contributed by atoms with E-state index in [1.54, 1.807) is 6.07 Å². The number of aryl methyl sites for hydroxylation is 1. The van der Waals surface area contributed by atoms with Crippen LogP contribution in [0, 0.1) is 12.8 Å². The number of aromatic nitrogens is 1. The molecule has 6 heteroatoms. The van der Waals surface area contributed by atoms with Gasteiger partial charge in [0.05, 0.1) is 12.1 Å². The minimum Gasteiger partial charge on any atom is -0.389 e. The zero-order valence-corrected chi connectivity index (χ0v) is 12.3. The number of nitrogens with one attached hydrogen (secondary N) is 2. The van der Waals surface area contributed by atoms with Gasteiger partial charge in [-0.25, -0.2) is 4.98 Å². The van der Waals surface area contributed by atoms with Gasteiger partial charge in [0.2, 0.25) is 5.91 Å². The highest BCUT2D eigenvalue weighted by Gasteiger charge is 2.09. The summed E-state index contributed by atoms with van der Waals surface area (Å²) in [6.07, 6.45) is 0. The lowest BCUT2D eigenvalue weighted by Gasteiger charge is -2.12. The Morgan fingerprint density at radius 1 is 1.47 bits per heavy atom. The minimum absolute atomic E-state index is 0.0779. The van der Waals surface area contributed by atoms with E-state index in [2.05, 4.69) is 15.6 Å². The summed E-state index contributed by atoms with van der Waals surface area (Å²) in [5.41, 5.74) is 7.11. The Kier molecular flexibility index (Phi) is 5.69. The molecular formula is C13H20N4OS. The predicted molar refractivity (Wildman–Crippen MR) is 81.2 cm³/mol. The molecule has 104 valence electrons. The SMILES string of the molecule is Cc1ccc(C(N)=S)c(NCC(=O)NCC(C)C)n1. The van der Waals surface area contributed by atoms with Gasteiger partial charge in [0, 0.05) is 12.2 Å². The molecule has 0 radical (unpaired) electrons. The largest absolute Gasteiger partial charge is 0.389 e. The highest BCUT2D eigenvalue weighted by atomic mass is 32.1. The molecule has 0 atom stereocenters. The van der Waals surface area contributed by atoms with Crippen molar-refractivity contribution >= 4 is 28.9 Å². The number of amides is 1. The van der Waals surface area contributed by atoms with Crippen LogP contribution in [0.1, 0.15) is 25.1 Å². The van der Waals surface area contributed by atoms with Crippen LogP contribution in [0.5, 0.6) is 0 Å². The van der Waals surface area contributed by atoms with Crippen LogP contribution < -0.4 is 16.4 Å². The van der Waals surface area contributed by atoms with E-state index in [1.807, 2.05) is 26.8 Å². The lowest BCUT2D eigenvalue weighted by Crippen LogP contribution is -2.33. The summed E-state index contributed by atoms with van der Waals surface area (Å²) in [7, 11) is 0. The molecule has 0 aliphatic carbocycles. The van der Waals surface area contributed by atoms with E-state index in [9.17, 15) is 4.79 Å². The summed E-state index contributed by atoms with van der Waals surface area (Å²) in [5, 5.41) is 5.79. The number of anilines is 1.